The highest BCUT2D eigenvalue weighted by Crippen LogP contribution is 2.07. The number of ether oxygens (including phenoxy) is 16. The smallest absolute Gasteiger partial charge is 0.104 e. The van der Waals surface area contributed by atoms with Crippen LogP contribution in [0, 0.1) is 0 Å². The topological polar surface area (TPSA) is 171 Å². The van der Waals surface area contributed by atoms with Crippen LogP contribution in [-0.4, -0.2) is 223 Å². The van der Waals surface area contributed by atoms with Crippen LogP contribution in [0.1, 0.15) is 0 Å². The van der Waals surface area contributed by atoms with Crippen molar-refractivity contribution in [3.63, 3.8) is 0 Å². The lowest BCUT2D eigenvalue weighted by molar-refractivity contribution is -0.0302. The number of hydrogen-bond donors (Lipinski definition) is 1. The molecule has 1 saturated heterocycles. The zero-order valence-electron chi connectivity index (χ0n) is 30.2. The highest BCUT2D eigenvalue weighted by atomic mass is 16.6. The maximum absolute atomic E-state index is 8.58. The number of epoxide rings is 1. The number of aliphatic hydroxyl groups is 1. The van der Waals surface area contributed by atoms with Gasteiger partial charge in [-0.3, -0.25) is 0 Å². The molecule has 1 fully saturated rings. The molecule has 0 saturated carbocycles. The normalized spacial score (nSPS) is 14.2. The molecule has 1 aliphatic rings. The lowest BCUT2D eigenvalue weighted by Crippen LogP contribution is -2.16. The minimum atomic E-state index is 0.0230. The first-order valence-corrected chi connectivity index (χ1v) is 17.8. The summed E-state index contributed by atoms with van der Waals surface area (Å²) in [5.41, 5.74) is 0. The fourth-order valence-corrected chi connectivity index (χ4v) is 3.52. The average molecular weight is 735 g/mol. The van der Waals surface area contributed by atoms with E-state index in [1.165, 1.54) is 0 Å². The third-order valence-electron chi connectivity index (χ3n) is 6.15. The molecule has 0 spiro atoms. The third kappa shape index (κ3) is 41.7. The van der Waals surface area contributed by atoms with Gasteiger partial charge in [-0.1, -0.05) is 0 Å². The predicted molar refractivity (Wildman–Crippen MR) is 179 cm³/mol. The molecule has 0 aromatic rings. The molecule has 0 bridgehead atoms. The average Bonchev–Trinajstić information content (AvgIpc) is 3.96. The van der Waals surface area contributed by atoms with E-state index in [4.69, 9.17) is 80.9 Å². The summed E-state index contributed by atoms with van der Waals surface area (Å²) in [6.45, 7) is 16.1. The van der Waals surface area contributed by atoms with Crippen LogP contribution in [0.5, 0.6) is 0 Å². The Labute approximate surface area is 298 Å². The van der Waals surface area contributed by atoms with E-state index in [-0.39, 0.29) is 6.61 Å². The van der Waals surface area contributed by atoms with Crippen LogP contribution in [0.4, 0.5) is 0 Å². The molecule has 1 rings (SSSR count). The minimum Gasteiger partial charge on any atom is -0.394 e. The van der Waals surface area contributed by atoms with Gasteiger partial charge in [0.1, 0.15) is 6.10 Å². The second-order valence-corrected chi connectivity index (χ2v) is 10.3. The summed E-state index contributed by atoms with van der Waals surface area (Å²) in [7, 11) is 0. The zero-order valence-corrected chi connectivity index (χ0v) is 30.2. The molecule has 0 aromatic carbocycles. The lowest BCUT2D eigenvalue weighted by atomic mass is 10.5. The van der Waals surface area contributed by atoms with Crippen LogP contribution < -0.4 is 0 Å². The van der Waals surface area contributed by atoms with Gasteiger partial charge in [-0.25, -0.2) is 0 Å². The molecule has 0 radical (unpaired) electrons. The second-order valence-electron chi connectivity index (χ2n) is 10.3. The Morgan fingerprint density at radius 3 is 0.600 bits per heavy atom. The number of aliphatic hydroxyl groups excluding tert-OH is 1. The van der Waals surface area contributed by atoms with Gasteiger partial charge in [0.05, 0.1) is 211 Å². The van der Waals surface area contributed by atoms with E-state index in [0.717, 1.165) is 6.61 Å². The fraction of sp³-hybridized carbons (Fsp3) is 1.00. The van der Waals surface area contributed by atoms with Crippen LogP contribution in [-0.2, 0) is 75.8 Å². The first-order valence-electron chi connectivity index (χ1n) is 17.8. The van der Waals surface area contributed by atoms with E-state index in [0.29, 0.717) is 204 Å². The van der Waals surface area contributed by atoms with Crippen molar-refractivity contribution in [2.75, 3.05) is 211 Å². The van der Waals surface area contributed by atoms with Gasteiger partial charge in [-0.15, -0.1) is 0 Å². The van der Waals surface area contributed by atoms with Gasteiger partial charge in [0, 0.05) is 0 Å². The van der Waals surface area contributed by atoms with Gasteiger partial charge < -0.3 is 80.9 Å². The molecule has 17 heteroatoms. The number of rotatable bonds is 46. The van der Waals surface area contributed by atoms with Gasteiger partial charge in [0.2, 0.25) is 0 Å². The molecule has 17 nitrogen and oxygen atoms in total. The Balaban J connectivity index is 1.57. The van der Waals surface area contributed by atoms with Crippen molar-refractivity contribution in [2.45, 2.75) is 6.10 Å². The van der Waals surface area contributed by atoms with E-state index in [2.05, 4.69) is 0 Å². The van der Waals surface area contributed by atoms with Crippen molar-refractivity contribution in [1.82, 2.24) is 0 Å². The molecule has 1 heterocycles. The Morgan fingerprint density at radius 2 is 0.440 bits per heavy atom. The molecule has 1 aliphatic heterocycles. The lowest BCUT2D eigenvalue weighted by Gasteiger charge is -2.09. The molecule has 50 heavy (non-hydrogen) atoms. The summed E-state index contributed by atoms with van der Waals surface area (Å²) >= 11 is 0. The number of hydrogen-bond acceptors (Lipinski definition) is 17. The molecule has 0 amide bonds. The Hall–Kier alpha value is -0.680. The summed E-state index contributed by atoms with van der Waals surface area (Å²) in [5, 5.41) is 8.58. The zero-order chi connectivity index (χ0) is 35.5. The summed E-state index contributed by atoms with van der Waals surface area (Å²) in [6.07, 6.45) is 0.293. The van der Waals surface area contributed by atoms with Crippen molar-refractivity contribution < 1.29 is 80.9 Å². The van der Waals surface area contributed by atoms with Crippen LogP contribution in [0.15, 0.2) is 0 Å². The molecule has 300 valence electrons. The van der Waals surface area contributed by atoms with Crippen molar-refractivity contribution in [1.29, 1.82) is 0 Å². The Bertz CT molecular complexity index is 621. The molecule has 1 N–H and O–H groups in total. The van der Waals surface area contributed by atoms with Gasteiger partial charge >= 0.3 is 0 Å². The van der Waals surface area contributed by atoms with Crippen molar-refractivity contribution in [2.24, 2.45) is 0 Å². The fourth-order valence-electron chi connectivity index (χ4n) is 3.52. The summed E-state index contributed by atoms with van der Waals surface area (Å²) in [6, 6.07) is 0. The molecular formula is C33H66O17. The first kappa shape index (κ1) is 47.3. The highest BCUT2D eigenvalue weighted by molar-refractivity contribution is 4.66. The molecule has 0 aliphatic carbocycles. The van der Waals surface area contributed by atoms with Crippen LogP contribution in [0.25, 0.3) is 0 Å². The SMILES string of the molecule is OCCOCCOCCOCCOCCOCCOCCOCCOCCOCCOCCOCCOCCOCCOCCOCC1CO1. The van der Waals surface area contributed by atoms with Crippen molar-refractivity contribution in [3.8, 4) is 0 Å². The quantitative estimate of drug-likeness (QED) is 0.0634. The summed E-state index contributed by atoms with van der Waals surface area (Å²) in [4.78, 5) is 0. The van der Waals surface area contributed by atoms with Crippen LogP contribution in [0.3, 0.4) is 0 Å². The largest absolute Gasteiger partial charge is 0.394 e. The maximum Gasteiger partial charge on any atom is 0.104 e. The van der Waals surface area contributed by atoms with E-state index in [9.17, 15) is 0 Å². The maximum atomic E-state index is 8.58. The Morgan fingerprint density at radius 1 is 0.280 bits per heavy atom. The van der Waals surface area contributed by atoms with Gasteiger partial charge in [0.25, 0.3) is 0 Å². The third-order valence-corrected chi connectivity index (χ3v) is 6.15. The van der Waals surface area contributed by atoms with Crippen molar-refractivity contribution in [3.05, 3.63) is 0 Å². The van der Waals surface area contributed by atoms with E-state index in [1.54, 1.807) is 0 Å². The van der Waals surface area contributed by atoms with Crippen LogP contribution in [0.2, 0.25) is 0 Å². The van der Waals surface area contributed by atoms with Crippen molar-refractivity contribution >= 4 is 0 Å². The minimum absolute atomic E-state index is 0.0230. The van der Waals surface area contributed by atoms with E-state index >= 15 is 0 Å². The van der Waals surface area contributed by atoms with Gasteiger partial charge in [0.15, 0.2) is 0 Å². The second kappa shape index (κ2) is 42.7. The summed E-state index contributed by atoms with van der Waals surface area (Å²) in [5.74, 6) is 0. The molecule has 0 aromatic heterocycles. The Kier molecular flexibility index (Phi) is 40.5. The van der Waals surface area contributed by atoms with E-state index < -0.39 is 0 Å². The van der Waals surface area contributed by atoms with Gasteiger partial charge in [-0.2, -0.15) is 0 Å². The predicted octanol–water partition coefficient (Wildman–Crippen LogP) is -0.373. The highest BCUT2D eigenvalue weighted by Gasteiger charge is 2.21. The first-order chi connectivity index (χ1) is 24.9. The van der Waals surface area contributed by atoms with E-state index in [1.807, 2.05) is 0 Å². The summed E-state index contributed by atoms with van der Waals surface area (Å²) < 4.78 is 86.4. The molecule has 1 atom stereocenters. The monoisotopic (exact) mass is 734 g/mol. The van der Waals surface area contributed by atoms with Crippen LogP contribution >= 0.6 is 0 Å². The standard InChI is InChI=1S/C33H66O17/c34-1-2-35-3-4-36-5-6-37-7-8-38-9-10-39-11-12-40-13-14-41-15-16-42-17-18-43-19-20-44-21-22-45-23-24-46-25-26-47-27-28-48-29-30-49-31-33-32-50-33/h33-34H,1-32H2. The molecular weight excluding hydrogens is 668 g/mol. The van der Waals surface area contributed by atoms with Gasteiger partial charge in [-0.05, 0) is 0 Å². The molecule has 1 unspecified atom stereocenters.